The highest BCUT2D eigenvalue weighted by Crippen LogP contribution is 2.24. The van der Waals surface area contributed by atoms with E-state index in [-0.39, 0.29) is 30.7 Å². The van der Waals surface area contributed by atoms with Crippen LogP contribution in [0.5, 0.6) is 0 Å². The van der Waals surface area contributed by atoms with Gasteiger partial charge in [-0.3, -0.25) is 9.59 Å². The molecular formula is C16H19N5O3S. The second-order valence-corrected chi connectivity index (χ2v) is 5.58. The number of piperazine rings is 1. The smallest absolute Gasteiger partial charge is 0.324 e. The molecule has 1 saturated heterocycles. The summed E-state index contributed by atoms with van der Waals surface area (Å²) in [6, 6.07) is 6.34. The predicted octanol–water partition coefficient (Wildman–Crippen LogP) is -0.131. The van der Waals surface area contributed by atoms with Gasteiger partial charge in [0.25, 0.3) is 5.56 Å². The molecule has 1 aliphatic rings. The van der Waals surface area contributed by atoms with Crippen LogP contribution >= 0.6 is 13.5 Å². The first-order chi connectivity index (χ1) is 11.5. The normalized spacial score (nSPS) is 16.8. The van der Waals surface area contributed by atoms with Crippen LogP contribution in [0.4, 0.5) is 5.69 Å². The maximum Gasteiger partial charge on any atom is 0.324 e. The lowest BCUT2D eigenvalue weighted by Crippen LogP contribution is -2.54. The summed E-state index contributed by atoms with van der Waals surface area (Å²) in [6.07, 6.45) is 0. The summed E-state index contributed by atoms with van der Waals surface area (Å²) in [5.74, 6) is -0.349. The molecule has 0 bridgehead atoms. The third kappa shape index (κ3) is 3.45. The molecule has 8 nitrogen and oxygen atoms in total. The number of rotatable bonds is 2. The van der Waals surface area contributed by atoms with Crippen LogP contribution in [-0.2, 0) is 16.6 Å². The van der Waals surface area contributed by atoms with Gasteiger partial charge in [-0.05, 0) is 12.1 Å². The number of ether oxygens (including phenoxy) is 1. The van der Waals surface area contributed by atoms with Gasteiger partial charge in [0.15, 0.2) is 0 Å². The molecule has 0 unspecified atom stereocenters. The Morgan fingerprint density at radius 1 is 1.48 bits per heavy atom. The van der Waals surface area contributed by atoms with Gasteiger partial charge in [-0.1, -0.05) is 0 Å². The number of hydrogen-bond acceptors (Lipinski definition) is 7. The number of anilines is 1. The summed E-state index contributed by atoms with van der Waals surface area (Å²) in [6.45, 7) is 1.57. The third-order valence-corrected chi connectivity index (χ3v) is 4.19. The molecule has 2 aromatic rings. The van der Waals surface area contributed by atoms with Crippen LogP contribution in [0.1, 0.15) is 5.69 Å². The van der Waals surface area contributed by atoms with Crippen molar-refractivity contribution in [3.63, 3.8) is 0 Å². The molecule has 0 aliphatic carbocycles. The highest BCUT2D eigenvalue weighted by molar-refractivity contribution is 7.59. The lowest BCUT2D eigenvalue weighted by molar-refractivity contribution is -0.143. The van der Waals surface area contributed by atoms with Crippen molar-refractivity contribution < 1.29 is 9.53 Å². The first-order valence-corrected chi connectivity index (χ1v) is 7.52. The fourth-order valence-electron chi connectivity index (χ4n) is 2.88. The summed E-state index contributed by atoms with van der Waals surface area (Å²) >= 11 is 0. The Bertz CT molecular complexity index is 905. The number of aromatic nitrogens is 2. The second kappa shape index (κ2) is 7.55. The highest BCUT2D eigenvalue weighted by Gasteiger charge is 2.27. The minimum absolute atomic E-state index is 0. The summed E-state index contributed by atoms with van der Waals surface area (Å²) in [5.41, 5.74) is 1.95. The summed E-state index contributed by atoms with van der Waals surface area (Å²) < 4.78 is 6.28. The number of carbonyl (C=O) groups is 1. The molecule has 25 heavy (non-hydrogen) atoms. The number of nitriles is 1. The molecule has 0 aromatic carbocycles. The van der Waals surface area contributed by atoms with Gasteiger partial charge in [0, 0.05) is 32.7 Å². The summed E-state index contributed by atoms with van der Waals surface area (Å²) in [4.78, 5) is 30.3. The molecule has 3 rings (SSSR count). The van der Waals surface area contributed by atoms with Gasteiger partial charge in [-0.2, -0.15) is 18.8 Å². The van der Waals surface area contributed by atoms with Crippen molar-refractivity contribution in [2.24, 2.45) is 7.05 Å². The van der Waals surface area contributed by atoms with E-state index in [1.165, 1.54) is 17.7 Å². The Kier molecular flexibility index (Phi) is 5.66. The fraction of sp³-hybridized carbons (Fsp3) is 0.375. The van der Waals surface area contributed by atoms with Crippen molar-refractivity contribution >= 4 is 36.2 Å². The van der Waals surface area contributed by atoms with E-state index in [4.69, 9.17) is 10.00 Å². The maximum absolute atomic E-state index is 12.3. The molecule has 1 aliphatic heterocycles. The minimum Gasteiger partial charge on any atom is -0.468 e. The first-order valence-electron chi connectivity index (χ1n) is 7.52. The number of nitrogens with one attached hydrogen (secondary N) is 1. The molecule has 2 aromatic heterocycles. The lowest BCUT2D eigenvalue weighted by atomic mass is 10.1. The topological polar surface area (TPSA) is 100 Å². The van der Waals surface area contributed by atoms with Gasteiger partial charge in [0.05, 0.1) is 18.3 Å². The van der Waals surface area contributed by atoms with Crippen molar-refractivity contribution in [2.75, 3.05) is 31.6 Å². The van der Waals surface area contributed by atoms with Crippen molar-refractivity contribution in [2.45, 2.75) is 6.04 Å². The first kappa shape index (κ1) is 18.8. The van der Waals surface area contributed by atoms with Gasteiger partial charge >= 0.3 is 5.97 Å². The minimum atomic E-state index is -0.470. The standard InChI is InChI=1S/C16H17N5O3.H2S/c1-20-12-4-3-10(8-17)19-15(12)13(7-14(20)22)21-6-5-18-11(9-21)16(23)24-2;/h3-4,7,11,18H,5-6,9H2,1-2H3;1H2/t11-;/m0./s1. The van der Waals surface area contributed by atoms with E-state index < -0.39 is 6.04 Å². The number of aryl methyl sites for hydroxylation is 1. The summed E-state index contributed by atoms with van der Waals surface area (Å²) in [7, 11) is 3.01. The lowest BCUT2D eigenvalue weighted by Gasteiger charge is -2.34. The number of pyridine rings is 2. The molecule has 3 heterocycles. The maximum atomic E-state index is 12.3. The predicted molar refractivity (Wildman–Crippen MR) is 98.1 cm³/mol. The van der Waals surface area contributed by atoms with E-state index in [9.17, 15) is 9.59 Å². The van der Waals surface area contributed by atoms with Crippen LogP contribution < -0.4 is 15.8 Å². The van der Waals surface area contributed by atoms with Gasteiger partial charge in [-0.15, -0.1) is 0 Å². The molecule has 0 amide bonds. The van der Waals surface area contributed by atoms with Crippen LogP contribution in [-0.4, -0.2) is 48.3 Å². The zero-order valence-electron chi connectivity index (χ0n) is 13.9. The SMILES string of the molecule is COC(=O)[C@@H]1CN(c2cc(=O)n(C)c3ccc(C#N)nc23)CCN1.S. The third-order valence-electron chi connectivity index (χ3n) is 4.19. The molecule has 0 saturated carbocycles. The highest BCUT2D eigenvalue weighted by atomic mass is 32.1. The average molecular weight is 361 g/mol. The van der Waals surface area contributed by atoms with Gasteiger partial charge in [0.1, 0.15) is 23.3 Å². The largest absolute Gasteiger partial charge is 0.468 e. The van der Waals surface area contributed by atoms with E-state index in [1.807, 2.05) is 11.0 Å². The molecule has 9 heteroatoms. The molecule has 132 valence electrons. The Balaban J connectivity index is 0.00000225. The van der Waals surface area contributed by atoms with Crippen LogP contribution in [0.15, 0.2) is 23.0 Å². The van der Waals surface area contributed by atoms with E-state index in [0.29, 0.717) is 36.4 Å². The number of hydrogen-bond donors (Lipinski definition) is 1. The van der Waals surface area contributed by atoms with Crippen molar-refractivity contribution in [1.29, 1.82) is 5.26 Å². The van der Waals surface area contributed by atoms with E-state index in [0.717, 1.165) is 0 Å². The van der Waals surface area contributed by atoms with E-state index in [2.05, 4.69) is 10.3 Å². The van der Waals surface area contributed by atoms with Crippen molar-refractivity contribution in [3.05, 3.63) is 34.2 Å². The zero-order chi connectivity index (χ0) is 17.3. The monoisotopic (exact) mass is 361 g/mol. The molecule has 1 atom stereocenters. The molecular weight excluding hydrogens is 342 g/mol. The zero-order valence-corrected chi connectivity index (χ0v) is 14.9. The Morgan fingerprint density at radius 2 is 2.24 bits per heavy atom. The summed E-state index contributed by atoms with van der Waals surface area (Å²) in [5, 5.41) is 12.2. The second-order valence-electron chi connectivity index (χ2n) is 5.58. The van der Waals surface area contributed by atoms with Crippen molar-refractivity contribution in [3.8, 4) is 6.07 Å². The van der Waals surface area contributed by atoms with Gasteiger partial charge in [0.2, 0.25) is 0 Å². The Labute approximate surface area is 151 Å². The molecule has 0 radical (unpaired) electrons. The number of fused-ring (bicyclic) bond motifs is 1. The van der Waals surface area contributed by atoms with Gasteiger partial charge < -0.3 is 19.5 Å². The number of carbonyl (C=O) groups excluding carboxylic acids is 1. The molecule has 1 N–H and O–H groups in total. The van der Waals surface area contributed by atoms with Crippen LogP contribution in [0.25, 0.3) is 11.0 Å². The van der Waals surface area contributed by atoms with Crippen LogP contribution in [0.2, 0.25) is 0 Å². The van der Waals surface area contributed by atoms with Crippen LogP contribution in [0.3, 0.4) is 0 Å². The van der Waals surface area contributed by atoms with Crippen molar-refractivity contribution in [1.82, 2.24) is 14.9 Å². The van der Waals surface area contributed by atoms with Crippen LogP contribution in [0, 0.1) is 11.3 Å². The average Bonchev–Trinajstić information content (AvgIpc) is 2.63. The fourth-order valence-corrected chi connectivity index (χ4v) is 2.88. The Hall–Kier alpha value is -2.57. The quantitative estimate of drug-likeness (QED) is 0.744. The van der Waals surface area contributed by atoms with Gasteiger partial charge in [-0.25, -0.2) is 4.98 Å². The van der Waals surface area contributed by atoms with E-state index in [1.54, 1.807) is 19.2 Å². The number of methoxy groups -OCH3 is 1. The molecule has 1 fully saturated rings. The number of esters is 1. The van der Waals surface area contributed by atoms with E-state index >= 15 is 0 Å². The Morgan fingerprint density at radius 3 is 2.92 bits per heavy atom. The number of nitrogens with zero attached hydrogens (tertiary/aromatic N) is 4. The molecule has 0 spiro atoms.